The van der Waals surface area contributed by atoms with Gasteiger partial charge in [-0.2, -0.15) is 13.2 Å². The minimum atomic E-state index is -4.51. The third-order valence-electron chi connectivity index (χ3n) is 8.63. The number of piperidine rings is 1. The van der Waals surface area contributed by atoms with Gasteiger partial charge in [0.15, 0.2) is 0 Å². The largest absolute Gasteiger partial charge is 0.416 e. The number of aliphatic hydroxyl groups is 1. The number of carbonyl (C=O) groups is 1. The fourth-order valence-corrected chi connectivity index (χ4v) is 6.18. The zero-order valence-corrected chi connectivity index (χ0v) is 23.8. The van der Waals surface area contributed by atoms with Gasteiger partial charge in [0, 0.05) is 35.6 Å². The number of likely N-dealkylation sites (tertiary alicyclic amines) is 1. The summed E-state index contributed by atoms with van der Waals surface area (Å²) in [5, 5.41) is 16.5. The van der Waals surface area contributed by atoms with Crippen molar-refractivity contribution in [1.82, 2.24) is 20.5 Å². The molecule has 0 radical (unpaired) electrons. The summed E-state index contributed by atoms with van der Waals surface area (Å²) in [4.78, 5) is 21.5. The number of fused-ring (bicyclic) bond motifs is 1. The molecule has 43 heavy (non-hydrogen) atoms. The van der Waals surface area contributed by atoms with E-state index >= 15 is 0 Å². The van der Waals surface area contributed by atoms with Gasteiger partial charge in [0.1, 0.15) is 0 Å². The summed E-state index contributed by atoms with van der Waals surface area (Å²) in [5.41, 5.74) is 2.18. The highest BCUT2D eigenvalue weighted by Crippen LogP contribution is 2.46. The molecule has 1 saturated carbocycles. The monoisotopic (exact) mass is 588 g/mol. The van der Waals surface area contributed by atoms with Gasteiger partial charge in [0.05, 0.1) is 34.5 Å². The van der Waals surface area contributed by atoms with Crippen LogP contribution in [-0.4, -0.2) is 53.2 Å². The van der Waals surface area contributed by atoms with Crippen LogP contribution in [0.5, 0.6) is 0 Å². The van der Waals surface area contributed by atoms with Crippen LogP contribution >= 0.6 is 0 Å². The average molecular weight is 589 g/mol. The number of benzene rings is 3. The van der Waals surface area contributed by atoms with Crippen molar-refractivity contribution in [2.75, 3.05) is 26.2 Å². The minimum Gasteiger partial charge on any atom is -0.395 e. The molecule has 4 aromatic rings. The lowest BCUT2D eigenvalue weighted by atomic mass is 9.93. The number of para-hydroxylation sites is 1. The second-order valence-corrected chi connectivity index (χ2v) is 11.5. The van der Waals surface area contributed by atoms with Crippen molar-refractivity contribution in [3.63, 3.8) is 0 Å². The van der Waals surface area contributed by atoms with E-state index in [1.54, 1.807) is 12.1 Å². The van der Waals surface area contributed by atoms with Crippen molar-refractivity contribution in [1.29, 1.82) is 0 Å². The van der Waals surface area contributed by atoms with Crippen molar-refractivity contribution < 1.29 is 23.1 Å². The topological polar surface area (TPSA) is 77.5 Å². The Labute approximate surface area is 248 Å². The van der Waals surface area contributed by atoms with Crippen LogP contribution in [-0.2, 0) is 18.3 Å². The number of alkyl halides is 3. The van der Waals surface area contributed by atoms with Crippen molar-refractivity contribution in [3.8, 4) is 11.3 Å². The lowest BCUT2D eigenvalue weighted by Gasteiger charge is -2.33. The predicted molar refractivity (Wildman–Crippen MR) is 160 cm³/mol. The van der Waals surface area contributed by atoms with Gasteiger partial charge in [-0.15, -0.1) is 0 Å². The highest BCUT2D eigenvalue weighted by molar-refractivity contribution is 6.09. The Balaban J connectivity index is 1.45. The van der Waals surface area contributed by atoms with Crippen molar-refractivity contribution in [2.24, 2.45) is 0 Å². The van der Waals surface area contributed by atoms with Gasteiger partial charge >= 0.3 is 6.18 Å². The van der Waals surface area contributed by atoms with Gasteiger partial charge < -0.3 is 15.7 Å². The van der Waals surface area contributed by atoms with Gasteiger partial charge in [-0.1, -0.05) is 60.7 Å². The van der Waals surface area contributed by atoms with Crippen LogP contribution in [0.15, 0.2) is 78.9 Å². The number of nitrogens with zero attached hydrogens (tertiary/aromatic N) is 2. The second-order valence-electron chi connectivity index (χ2n) is 11.5. The quantitative estimate of drug-likeness (QED) is 0.228. The van der Waals surface area contributed by atoms with Crippen LogP contribution in [0.1, 0.15) is 52.7 Å². The fraction of sp³-hybridized carbons (Fsp3) is 0.353. The number of halogens is 3. The van der Waals surface area contributed by atoms with Crippen LogP contribution in [0.4, 0.5) is 13.2 Å². The molecule has 6 nitrogen and oxygen atoms in total. The molecule has 3 N–H and O–H groups in total. The number of amides is 1. The molecule has 1 amide bonds. The lowest BCUT2D eigenvalue weighted by Crippen LogP contribution is -2.43. The Morgan fingerprint density at radius 2 is 1.70 bits per heavy atom. The van der Waals surface area contributed by atoms with Gasteiger partial charge in [-0.3, -0.25) is 9.69 Å². The summed E-state index contributed by atoms with van der Waals surface area (Å²) in [7, 11) is 0. The molecule has 2 fully saturated rings. The van der Waals surface area contributed by atoms with Gasteiger partial charge in [-0.05, 0) is 62.5 Å². The summed E-state index contributed by atoms with van der Waals surface area (Å²) in [5.74, 6) is -0.248. The van der Waals surface area contributed by atoms with Gasteiger partial charge in [0.2, 0.25) is 0 Å². The van der Waals surface area contributed by atoms with Crippen molar-refractivity contribution >= 4 is 16.8 Å². The molecule has 1 saturated heterocycles. The van der Waals surface area contributed by atoms with E-state index in [1.807, 2.05) is 48.5 Å². The van der Waals surface area contributed by atoms with Gasteiger partial charge in [0.25, 0.3) is 5.91 Å². The number of hydrogen-bond acceptors (Lipinski definition) is 5. The first-order chi connectivity index (χ1) is 20.8. The maximum absolute atomic E-state index is 14.4. The highest BCUT2D eigenvalue weighted by Gasteiger charge is 2.46. The molecule has 3 aromatic carbocycles. The first kappa shape index (κ1) is 29.3. The van der Waals surface area contributed by atoms with Crippen LogP contribution in [0, 0.1) is 0 Å². The molecule has 224 valence electrons. The lowest BCUT2D eigenvalue weighted by molar-refractivity contribution is -0.137. The van der Waals surface area contributed by atoms with E-state index in [0.717, 1.165) is 56.5 Å². The molecule has 1 aliphatic heterocycles. The van der Waals surface area contributed by atoms with Crippen LogP contribution in [0.2, 0.25) is 0 Å². The number of aromatic nitrogens is 1. The van der Waals surface area contributed by atoms with E-state index < -0.39 is 17.3 Å². The molecule has 2 heterocycles. The molecular weight excluding hydrogens is 553 g/mol. The molecule has 2 aliphatic rings. The summed E-state index contributed by atoms with van der Waals surface area (Å²) in [6.45, 7) is 2.47. The van der Waals surface area contributed by atoms with E-state index in [-0.39, 0.29) is 18.6 Å². The molecular formula is C34H35F3N4O2. The van der Waals surface area contributed by atoms with Crippen LogP contribution in [0.3, 0.4) is 0 Å². The zero-order chi connectivity index (χ0) is 30.0. The van der Waals surface area contributed by atoms with E-state index in [1.165, 1.54) is 6.07 Å². The smallest absolute Gasteiger partial charge is 0.395 e. The van der Waals surface area contributed by atoms with Crippen LogP contribution in [0.25, 0.3) is 22.2 Å². The number of hydrogen-bond donors (Lipinski definition) is 3. The number of nitrogens with one attached hydrogen (secondary N) is 2. The van der Waals surface area contributed by atoms with Crippen LogP contribution < -0.4 is 10.6 Å². The molecule has 0 atom stereocenters. The van der Waals surface area contributed by atoms with Crippen molar-refractivity contribution in [2.45, 2.75) is 50.0 Å². The molecule has 1 aromatic heterocycles. The number of pyridine rings is 1. The first-order valence-electron chi connectivity index (χ1n) is 14.8. The highest BCUT2D eigenvalue weighted by atomic mass is 19.4. The third-order valence-corrected chi connectivity index (χ3v) is 8.63. The molecule has 0 spiro atoms. The van der Waals surface area contributed by atoms with E-state index in [0.29, 0.717) is 46.4 Å². The Kier molecular flexibility index (Phi) is 8.22. The molecule has 0 unspecified atom stereocenters. The predicted octanol–water partition coefficient (Wildman–Crippen LogP) is 5.89. The molecule has 1 aliphatic carbocycles. The van der Waals surface area contributed by atoms with Gasteiger partial charge in [-0.25, -0.2) is 4.98 Å². The second kappa shape index (κ2) is 12.1. The Hall–Kier alpha value is -3.79. The Bertz CT molecular complexity index is 1600. The fourth-order valence-electron chi connectivity index (χ4n) is 6.18. The van der Waals surface area contributed by atoms with Crippen molar-refractivity contribution in [3.05, 3.63) is 101 Å². The maximum atomic E-state index is 14.4. The summed E-state index contributed by atoms with van der Waals surface area (Å²) < 4.78 is 41.3. The SMILES string of the molecule is O=C(NC1(c2ccccc2)CC1)c1c(CN2CCC(NCCO)CC2)c(-c2cccc(C(F)(F)F)c2)nc2ccccc12. The number of carbonyl (C=O) groups excluding carboxylic acids is 1. The first-order valence-corrected chi connectivity index (χ1v) is 14.8. The summed E-state index contributed by atoms with van der Waals surface area (Å²) >= 11 is 0. The molecule has 0 bridgehead atoms. The summed E-state index contributed by atoms with van der Waals surface area (Å²) in [6, 6.07) is 22.7. The molecule has 9 heteroatoms. The minimum absolute atomic E-state index is 0.0757. The van der Waals surface area contributed by atoms with E-state index in [2.05, 4.69) is 15.5 Å². The zero-order valence-electron chi connectivity index (χ0n) is 23.8. The number of aliphatic hydroxyl groups excluding tert-OH is 1. The Morgan fingerprint density at radius 1 is 0.977 bits per heavy atom. The van der Waals surface area contributed by atoms with E-state index in [4.69, 9.17) is 4.98 Å². The molecule has 6 rings (SSSR count). The summed E-state index contributed by atoms with van der Waals surface area (Å²) in [6.07, 6.45) is -1.16. The standard InChI is InChI=1S/C34H35F3N4O2/c35-34(36,37)25-10-6-7-23(21-25)31-28(22-41-18-13-26(14-19-41)38-17-20-42)30(27-11-4-5-12-29(27)39-31)32(43)40-33(15-16-33)24-8-2-1-3-9-24/h1-12,21,26,38,42H,13-20,22H2,(H,40,43). The maximum Gasteiger partial charge on any atom is 0.416 e. The Morgan fingerprint density at radius 3 is 2.40 bits per heavy atom. The average Bonchev–Trinajstić information content (AvgIpc) is 3.80. The third kappa shape index (κ3) is 6.30. The normalized spacial score (nSPS) is 17.2. The number of rotatable bonds is 9. The van der Waals surface area contributed by atoms with E-state index in [9.17, 15) is 23.1 Å².